The Morgan fingerprint density at radius 2 is 1.89 bits per heavy atom. The number of aliphatic hydroxyl groups excluding tert-OH is 1. The van der Waals surface area contributed by atoms with Gasteiger partial charge in [-0.3, -0.25) is 9.59 Å². The minimum atomic E-state index is -0.969. The van der Waals surface area contributed by atoms with Gasteiger partial charge in [0.05, 0.1) is 24.3 Å². The Morgan fingerprint density at radius 1 is 1.21 bits per heavy atom. The second-order valence-corrected chi connectivity index (χ2v) is 7.44. The van der Waals surface area contributed by atoms with Gasteiger partial charge >= 0.3 is 0 Å². The average Bonchev–Trinajstić information content (AvgIpc) is 2.70. The SMILES string of the molecule is CN1CCC(O)(Cn2cc(C(=O)NCCO)c(-c3ccccc3)cc2=O)CC1. The molecule has 1 amide bonds. The van der Waals surface area contributed by atoms with Crippen LogP contribution in [0.4, 0.5) is 0 Å². The number of hydrogen-bond donors (Lipinski definition) is 3. The number of carbonyl (C=O) groups excluding carboxylic acids is 1. The quantitative estimate of drug-likeness (QED) is 0.680. The number of aliphatic hydroxyl groups is 2. The third-order valence-electron chi connectivity index (χ3n) is 5.24. The number of hydrogen-bond acceptors (Lipinski definition) is 5. The summed E-state index contributed by atoms with van der Waals surface area (Å²) in [5, 5.41) is 22.6. The van der Waals surface area contributed by atoms with E-state index < -0.39 is 5.60 Å². The van der Waals surface area contributed by atoms with Crippen LogP contribution in [0.25, 0.3) is 11.1 Å². The number of pyridine rings is 1. The monoisotopic (exact) mass is 385 g/mol. The highest BCUT2D eigenvalue weighted by atomic mass is 16.3. The van der Waals surface area contributed by atoms with Gasteiger partial charge < -0.3 is 25.0 Å². The van der Waals surface area contributed by atoms with E-state index in [4.69, 9.17) is 5.11 Å². The van der Waals surface area contributed by atoms with Crippen molar-refractivity contribution in [3.8, 4) is 11.1 Å². The van der Waals surface area contributed by atoms with Crippen molar-refractivity contribution in [2.45, 2.75) is 25.0 Å². The summed E-state index contributed by atoms with van der Waals surface area (Å²) in [6.07, 6.45) is 2.67. The molecule has 0 atom stereocenters. The van der Waals surface area contributed by atoms with Crippen LogP contribution < -0.4 is 10.9 Å². The highest BCUT2D eigenvalue weighted by molar-refractivity contribution is 6.00. The predicted molar refractivity (Wildman–Crippen MR) is 107 cm³/mol. The van der Waals surface area contributed by atoms with Crippen molar-refractivity contribution in [2.24, 2.45) is 0 Å². The fourth-order valence-corrected chi connectivity index (χ4v) is 3.51. The molecule has 0 bridgehead atoms. The lowest BCUT2D eigenvalue weighted by molar-refractivity contribution is -0.0298. The van der Waals surface area contributed by atoms with Crippen LogP contribution in [-0.4, -0.2) is 64.5 Å². The zero-order valence-corrected chi connectivity index (χ0v) is 16.1. The van der Waals surface area contributed by atoms with E-state index >= 15 is 0 Å². The Hall–Kier alpha value is -2.48. The Kier molecular flexibility index (Phi) is 6.28. The summed E-state index contributed by atoms with van der Waals surface area (Å²) in [6.45, 7) is 1.63. The number of rotatable bonds is 6. The molecule has 1 aliphatic rings. The van der Waals surface area contributed by atoms with Crippen molar-refractivity contribution in [3.05, 3.63) is 58.5 Å². The predicted octanol–water partition coefficient (Wildman–Crippen LogP) is 0.694. The molecule has 0 saturated carbocycles. The molecule has 1 aromatic heterocycles. The van der Waals surface area contributed by atoms with E-state index in [0.717, 1.165) is 18.7 Å². The minimum Gasteiger partial charge on any atom is -0.395 e. The normalized spacial score (nSPS) is 16.7. The van der Waals surface area contributed by atoms with Gasteiger partial charge in [0.2, 0.25) is 0 Å². The molecule has 2 aromatic rings. The summed E-state index contributed by atoms with van der Waals surface area (Å²) < 4.78 is 1.42. The van der Waals surface area contributed by atoms with Gasteiger partial charge in [-0.05, 0) is 25.5 Å². The van der Waals surface area contributed by atoms with Crippen LogP contribution in [0.3, 0.4) is 0 Å². The average molecular weight is 385 g/mol. The lowest BCUT2D eigenvalue weighted by Crippen LogP contribution is -2.47. The maximum absolute atomic E-state index is 12.8. The first kappa shape index (κ1) is 20.3. The lowest BCUT2D eigenvalue weighted by atomic mass is 9.91. The summed E-state index contributed by atoms with van der Waals surface area (Å²) in [5.74, 6) is -0.364. The van der Waals surface area contributed by atoms with E-state index in [1.165, 1.54) is 16.8 Å². The summed E-state index contributed by atoms with van der Waals surface area (Å²) in [5.41, 5.74) is 0.413. The molecule has 0 unspecified atom stereocenters. The second kappa shape index (κ2) is 8.68. The van der Waals surface area contributed by atoms with Crippen LogP contribution >= 0.6 is 0 Å². The molecule has 2 heterocycles. The highest BCUT2D eigenvalue weighted by Crippen LogP contribution is 2.25. The fraction of sp³-hybridized carbons (Fsp3) is 0.429. The molecular formula is C21H27N3O4. The molecule has 0 radical (unpaired) electrons. The molecule has 1 aliphatic heterocycles. The van der Waals surface area contributed by atoms with E-state index in [2.05, 4.69) is 10.2 Å². The molecule has 0 aliphatic carbocycles. The fourth-order valence-electron chi connectivity index (χ4n) is 3.51. The molecule has 1 aromatic carbocycles. The Bertz CT molecular complexity index is 871. The Labute approximate surface area is 164 Å². The molecule has 0 spiro atoms. The van der Waals surface area contributed by atoms with Crippen LogP contribution in [-0.2, 0) is 6.54 Å². The van der Waals surface area contributed by atoms with Crippen LogP contribution in [0.1, 0.15) is 23.2 Å². The van der Waals surface area contributed by atoms with E-state index in [1.807, 2.05) is 37.4 Å². The topological polar surface area (TPSA) is 94.8 Å². The zero-order valence-electron chi connectivity index (χ0n) is 16.1. The number of likely N-dealkylation sites (tertiary alicyclic amines) is 1. The van der Waals surface area contributed by atoms with Crippen LogP contribution in [0.5, 0.6) is 0 Å². The largest absolute Gasteiger partial charge is 0.395 e. The third-order valence-corrected chi connectivity index (χ3v) is 5.24. The van der Waals surface area contributed by atoms with Crippen LogP contribution in [0.2, 0.25) is 0 Å². The van der Waals surface area contributed by atoms with E-state index in [1.54, 1.807) is 0 Å². The summed E-state index contributed by atoms with van der Waals surface area (Å²) in [7, 11) is 2.00. The van der Waals surface area contributed by atoms with E-state index in [9.17, 15) is 14.7 Å². The molecule has 1 saturated heterocycles. The molecule has 3 N–H and O–H groups in total. The highest BCUT2D eigenvalue weighted by Gasteiger charge is 2.32. The van der Waals surface area contributed by atoms with Crippen LogP contribution in [0, 0.1) is 0 Å². The standard InChI is InChI=1S/C21H27N3O4/c1-23-10-7-21(28,8-11-23)15-24-14-18(20(27)22-9-12-25)17(13-19(24)26)16-5-3-2-4-6-16/h2-6,13-14,25,28H,7-12,15H2,1H3,(H,22,27). The van der Waals surface area contributed by atoms with Gasteiger partial charge in [0.25, 0.3) is 11.5 Å². The first-order chi connectivity index (χ1) is 13.4. The summed E-state index contributed by atoms with van der Waals surface area (Å²) in [6, 6.07) is 10.7. The third kappa shape index (κ3) is 4.67. The number of amides is 1. The maximum Gasteiger partial charge on any atom is 0.253 e. The Morgan fingerprint density at radius 3 is 2.54 bits per heavy atom. The second-order valence-electron chi connectivity index (χ2n) is 7.44. The van der Waals surface area contributed by atoms with Gasteiger partial charge in [-0.25, -0.2) is 0 Å². The molecular weight excluding hydrogens is 358 g/mol. The van der Waals surface area contributed by atoms with Crippen molar-refractivity contribution < 1.29 is 15.0 Å². The van der Waals surface area contributed by atoms with Crippen molar-refractivity contribution in [3.63, 3.8) is 0 Å². The number of piperidine rings is 1. The zero-order chi connectivity index (χ0) is 20.1. The van der Waals surface area contributed by atoms with Gasteiger partial charge in [-0.2, -0.15) is 0 Å². The first-order valence-electron chi connectivity index (χ1n) is 9.52. The van der Waals surface area contributed by atoms with Crippen molar-refractivity contribution >= 4 is 5.91 Å². The molecule has 7 heteroatoms. The van der Waals surface area contributed by atoms with Gasteiger partial charge in [0.15, 0.2) is 0 Å². The number of carbonyl (C=O) groups is 1. The molecule has 7 nitrogen and oxygen atoms in total. The smallest absolute Gasteiger partial charge is 0.253 e. The van der Waals surface area contributed by atoms with E-state index in [0.29, 0.717) is 24.0 Å². The van der Waals surface area contributed by atoms with E-state index in [-0.39, 0.29) is 31.2 Å². The van der Waals surface area contributed by atoms with Gasteiger partial charge in [-0.15, -0.1) is 0 Å². The van der Waals surface area contributed by atoms with Gasteiger partial charge in [0.1, 0.15) is 0 Å². The summed E-state index contributed by atoms with van der Waals surface area (Å²) >= 11 is 0. The van der Waals surface area contributed by atoms with Crippen LogP contribution in [0.15, 0.2) is 47.4 Å². The van der Waals surface area contributed by atoms with Crippen molar-refractivity contribution in [1.29, 1.82) is 0 Å². The maximum atomic E-state index is 12.8. The number of aromatic nitrogens is 1. The molecule has 3 rings (SSSR count). The minimum absolute atomic E-state index is 0.127. The molecule has 150 valence electrons. The summed E-state index contributed by atoms with van der Waals surface area (Å²) in [4.78, 5) is 27.6. The van der Waals surface area contributed by atoms with Crippen molar-refractivity contribution in [1.82, 2.24) is 14.8 Å². The van der Waals surface area contributed by atoms with Crippen molar-refractivity contribution in [2.75, 3.05) is 33.3 Å². The van der Waals surface area contributed by atoms with Gasteiger partial charge in [0, 0.05) is 37.5 Å². The lowest BCUT2D eigenvalue weighted by Gasteiger charge is -2.36. The number of nitrogens with one attached hydrogen (secondary N) is 1. The molecule has 28 heavy (non-hydrogen) atoms. The number of benzene rings is 1. The first-order valence-corrected chi connectivity index (χ1v) is 9.52. The number of nitrogens with zero attached hydrogens (tertiary/aromatic N) is 2. The van der Waals surface area contributed by atoms with Gasteiger partial charge in [-0.1, -0.05) is 30.3 Å². The molecule has 1 fully saturated rings. The Balaban J connectivity index is 1.98.